The molecule has 3 rings (SSSR count). The lowest BCUT2D eigenvalue weighted by atomic mass is 10.0. The molecular weight excluding hydrogens is 298 g/mol. The lowest BCUT2D eigenvalue weighted by Crippen LogP contribution is -2.47. The van der Waals surface area contributed by atoms with E-state index in [2.05, 4.69) is 15.4 Å². The van der Waals surface area contributed by atoms with Crippen molar-refractivity contribution < 1.29 is 14.1 Å². The Morgan fingerprint density at radius 2 is 2.09 bits per heavy atom. The number of likely N-dealkylation sites (N-methyl/N-ethyl adjacent to an activating group) is 1. The van der Waals surface area contributed by atoms with Gasteiger partial charge in [0, 0.05) is 45.3 Å². The molecule has 8 nitrogen and oxygen atoms in total. The molecule has 126 valence electrons. The summed E-state index contributed by atoms with van der Waals surface area (Å²) in [5, 5.41) is 6.49. The van der Waals surface area contributed by atoms with E-state index >= 15 is 0 Å². The number of aromatic nitrogens is 1. The second-order valence-electron chi connectivity index (χ2n) is 6.28. The largest absolute Gasteiger partial charge is 0.360 e. The van der Waals surface area contributed by atoms with Crippen molar-refractivity contribution in [2.45, 2.75) is 25.8 Å². The molecule has 23 heavy (non-hydrogen) atoms. The Labute approximate surface area is 135 Å². The maximum absolute atomic E-state index is 12.0. The molecule has 2 aliphatic rings. The quantitative estimate of drug-likeness (QED) is 0.885. The third-order valence-electron chi connectivity index (χ3n) is 4.51. The number of aryl methyl sites for hydroxylation is 1. The minimum Gasteiger partial charge on any atom is -0.360 e. The van der Waals surface area contributed by atoms with Gasteiger partial charge in [-0.2, -0.15) is 0 Å². The molecule has 0 bridgehead atoms. The van der Waals surface area contributed by atoms with Crippen LogP contribution in [0.25, 0.3) is 0 Å². The zero-order valence-corrected chi connectivity index (χ0v) is 13.6. The van der Waals surface area contributed by atoms with Crippen molar-refractivity contribution in [2.24, 2.45) is 0 Å². The molecule has 3 heterocycles. The number of hydrogen-bond donors (Lipinski definition) is 1. The molecule has 0 radical (unpaired) electrons. The molecule has 2 saturated heterocycles. The van der Waals surface area contributed by atoms with Crippen molar-refractivity contribution in [1.29, 1.82) is 0 Å². The van der Waals surface area contributed by atoms with Crippen LogP contribution in [0.1, 0.15) is 18.6 Å². The highest BCUT2D eigenvalue weighted by Crippen LogP contribution is 2.20. The fourth-order valence-corrected chi connectivity index (χ4v) is 3.21. The average molecular weight is 321 g/mol. The van der Waals surface area contributed by atoms with E-state index < -0.39 is 0 Å². The number of carbonyl (C=O) groups is 2. The van der Waals surface area contributed by atoms with Gasteiger partial charge in [-0.25, -0.2) is 4.79 Å². The van der Waals surface area contributed by atoms with E-state index in [1.807, 2.05) is 11.9 Å². The van der Waals surface area contributed by atoms with Gasteiger partial charge < -0.3 is 19.6 Å². The molecule has 2 aliphatic heterocycles. The van der Waals surface area contributed by atoms with Gasteiger partial charge in [-0.15, -0.1) is 0 Å². The highest BCUT2D eigenvalue weighted by molar-refractivity contribution is 5.91. The number of carbonyl (C=O) groups excluding carboxylic acids is 2. The van der Waals surface area contributed by atoms with Crippen LogP contribution in [-0.2, 0) is 4.79 Å². The first-order chi connectivity index (χ1) is 11.0. The summed E-state index contributed by atoms with van der Waals surface area (Å²) in [6, 6.07) is 2.12. The number of anilines is 1. The van der Waals surface area contributed by atoms with Gasteiger partial charge in [-0.1, -0.05) is 5.16 Å². The van der Waals surface area contributed by atoms with E-state index in [1.54, 1.807) is 17.9 Å². The highest BCUT2D eigenvalue weighted by atomic mass is 16.5. The average Bonchev–Trinajstić information content (AvgIpc) is 3.07. The number of rotatable bonds is 4. The molecular formula is C15H23N5O3. The topological polar surface area (TPSA) is 81.9 Å². The first-order valence-electron chi connectivity index (χ1n) is 8.00. The molecule has 0 aromatic carbocycles. The van der Waals surface area contributed by atoms with E-state index in [9.17, 15) is 9.59 Å². The van der Waals surface area contributed by atoms with Crippen LogP contribution in [0, 0.1) is 6.92 Å². The second kappa shape index (κ2) is 6.57. The third kappa shape index (κ3) is 3.64. The van der Waals surface area contributed by atoms with E-state index in [0.717, 1.165) is 39.0 Å². The Bertz CT molecular complexity index is 579. The van der Waals surface area contributed by atoms with Gasteiger partial charge in [0.1, 0.15) is 5.76 Å². The Kier molecular flexibility index (Phi) is 4.51. The molecule has 8 heteroatoms. The van der Waals surface area contributed by atoms with Crippen molar-refractivity contribution in [3.05, 3.63) is 11.8 Å². The maximum Gasteiger partial charge on any atom is 0.320 e. The minimum absolute atomic E-state index is 0.0891. The van der Waals surface area contributed by atoms with Gasteiger partial charge in [0.2, 0.25) is 5.91 Å². The van der Waals surface area contributed by atoms with Crippen LogP contribution in [0.4, 0.5) is 10.6 Å². The summed E-state index contributed by atoms with van der Waals surface area (Å²) in [6.07, 6.45) is 1.83. The number of hydrogen-bond acceptors (Lipinski definition) is 5. The van der Waals surface area contributed by atoms with Crippen molar-refractivity contribution >= 4 is 17.8 Å². The first kappa shape index (κ1) is 15.8. The van der Waals surface area contributed by atoms with Crippen LogP contribution >= 0.6 is 0 Å². The van der Waals surface area contributed by atoms with Gasteiger partial charge in [0.15, 0.2) is 5.82 Å². The van der Waals surface area contributed by atoms with Gasteiger partial charge in [0.05, 0.1) is 6.54 Å². The molecule has 3 amide bonds. The maximum atomic E-state index is 12.0. The molecule has 0 spiro atoms. The van der Waals surface area contributed by atoms with Crippen LogP contribution in [0.5, 0.6) is 0 Å². The SMILES string of the molecule is Cc1cc(NC(=O)CN2CCC(N3CCN(C)C3=O)CC2)no1. The summed E-state index contributed by atoms with van der Waals surface area (Å²) in [5.74, 6) is 1.03. The number of piperidine rings is 1. The monoisotopic (exact) mass is 321 g/mol. The number of nitrogens with zero attached hydrogens (tertiary/aromatic N) is 4. The number of urea groups is 1. The van der Waals surface area contributed by atoms with Gasteiger partial charge >= 0.3 is 6.03 Å². The molecule has 1 N–H and O–H groups in total. The first-order valence-corrected chi connectivity index (χ1v) is 8.00. The van der Waals surface area contributed by atoms with Crippen LogP contribution in [0.15, 0.2) is 10.6 Å². The summed E-state index contributed by atoms with van der Waals surface area (Å²) >= 11 is 0. The summed E-state index contributed by atoms with van der Waals surface area (Å²) in [5.41, 5.74) is 0. The molecule has 2 fully saturated rings. The van der Waals surface area contributed by atoms with Crippen LogP contribution in [0.3, 0.4) is 0 Å². The van der Waals surface area contributed by atoms with E-state index in [0.29, 0.717) is 24.2 Å². The fraction of sp³-hybridized carbons (Fsp3) is 0.667. The van der Waals surface area contributed by atoms with Crippen molar-refractivity contribution in [1.82, 2.24) is 19.9 Å². The van der Waals surface area contributed by atoms with E-state index in [4.69, 9.17) is 4.52 Å². The lowest BCUT2D eigenvalue weighted by molar-refractivity contribution is -0.117. The van der Waals surface area contributed by atoms with Crippen LogP contribution < -0.4 is 5.32 Å². The van der Waals surface area contributed by atoms with Crippen molar-refractivity contribution in [2.75, 3.05) is 45.1 Å². The van der Waals surface area contributed by atoms with Crippen molar-refractivity contribution in [3.8, 4) is 0 Å². The zero-order chi connectivity index (χ0) is 16.4. The van der Waals surface area contributed by atoms with Crippen molar-refractivity contribution in [3.63, 3.8) is 0 Å². The molecule has 0 aliphatic carbocycles. The molecule has 0 saturated carbocycles. The Hall–Kier alpha value is -2.09. The summed E-state index contributed by atoms with van der Waals surface area (Å²) in [6.45, 7) is 5.38. The number of nitrogens with one attached hydrogen (secondary N) is 1. The van der Waals surface area contributed by atoms with Gasteiger partial charge in [-0.3, -0.25) is 9.69 Å². The standard InChI is InChI=1S/C15H23N5O3/c1-11-9-13(17-23-11)16-14(21)10-19-5-3-12(4-6-19)20-8-7-18(2)15(20)22/h9,12H,3-8,10H2,1-2H3,(H,16,17,21). The van der Waals surface area contributed by atoms with Gasteiger partial charge in [0.25, 0.3) is 0 Å². The second-order valence-corrected chi connectivity index (χ2v) is 6.28. The Balaban J connectivity index is 1.44. The Morgan fingerprint density at radius 1 is 1.35 bits per heavy atom. The predicted octanol–water partition coefficient (Wildman–Crippen LogP) is 0.753. The van der Waals surface area contributed by atoms with Gasteiger partial charge in [-0.05, 0) is 19.8 Å². The molecule has 0 atom stereocenters. The third-order valence-corrected chi connectivity index (χ3v) is 4.51. The number of amides is 3. The van der Waals surface area contributed by atoms with Crippen LogP contribution in [0.2, 0.25) is 0 Å². The molecule has 1 aromatic rings. The Morgan fingerprint density at radius 3 is 2.65 bits per heavy atom. The lowest BCUT2D eigenvalue weighted by Gasteiger charge is -2.36. The predicted molar refractivity (Wildman–Crippen MR) is 84.1 cm³/mol. The molecule has 1 aromatic heterocycles. The summed E-state index contributed by atoms with van der Waals surface area (Å²) in [7, 11) is 1.84. The zero-order valence-electron chi connectivity index (χ0n) is 13.6. The van der Waals surface area contributed by atoms with E-state index in [-0.39, 0.29) is 11.9 Å². The van der Waals surface area contributed by atoms with Crippen LogP contribution in [-0.4, -0.2) is 77.6 Å². The summed E-state index contributed by atoms with van der Waals surface area (Å²) in [4.78, 5) is 29.9. The minimum atomic E-state index is -0.0891. The summed E-state index contributed by atoms with van der Waals surface area (Å²) < 4.78 is 4.93. The fourth-order valence-electron chi connectivity index (χ4n) is 3.21. The molecule has 0 unspecified atom stereocenters. The smallest absolute Gasteiger partial charge is 0.320 e. The van der Waals surface area contributed by atoms with E-state index in [1.165, 1.54) is 0 Å². The normalized spacial score (nSPS) is 20.3. The highest BCUT2D eigenvalue weighted by Gasteiger charge is 2.33. The number of likely N-dealkylation sites (tertiary alicyclic amines) is 1.